The van der Waals surface area contributed by atoms with Crippen LogP contribution in [0.4, 0.5) is 0 Å². The Balaban J connectivity index is 1.79. The molecule has 4 heteroatoms. The van der Waals surface area contributed by atoms with E-state index in [0.717, 1.165) is 16.9 Å². The minimum atomic E-state index is -0.856. The quantitative estimate of drug-likeness (QED) is 0.742. The average Bonchev–Trinajstić information content (AvgIpc) is 3.17. The van der Waals surface area contributed by atoms with Crippen LogP contribution in [-0.2, 0) is 16.0 Å². The second-order valence-electron chi connectivity index (χ2n) is 7.17. The van der Waals surface area contributed by atoms with E-state index in [-0.39, 0.29) is 12.6 Å². The van der Waals surface area contributed by atoms with Gasteiger partial charge >= 0.3 is 0 Å². The van der Waals surface area contributed by atoms with Crippen molar-refractivity contribution in [2.75, 3.05) is 6.61 Å². The zero-order valence-corrected chi connectivity index (χ0v) is 15.0. The SMILES string of the molecule is CC(C)(c1ccccc1)N1O[C@](CO)(c2ccccc2)[C@@H]1c1ccco1. The summed E-state index contributed by atoms with van der Waals surface area (Å²) in [5.41, 5.74) is 0.817. The predicted molar refractivity (Wildman–Crippen MR) is 99.0 cm³/mol. The van der Waals surface area contributed by atoms with Gasteiger partial charge in [-0.2, -0.15) is 5.06 Å². The molecule has 0 spiro atoms. The molecule has 0 saturated carbocycles. The van der Waals surface area contributed by atoms with Gasteiger partial charge < -0.3 is 9.52 Å². The number of rotatable bonds is 5. The smallest absolute Gasteiger partial charge is 0.163 e. The first kappa shape index (κ1) is 17.0. The maximum atomic E-state index is 10.3. The third kappa shape index (κ3) is 2.50. The molecule has 3 aromatic rings. The number of furan rings is 1. The summed E-state index contributed by atoms with van der Waals surface area (Å²) in [5, 5.41) is 12.3. The van der Waals surface area contributed by atoms with E-state index in [1.54, 1.807) is 6.26 Å². The van der Waals surface area contributed by atoms with Crippen LogP contribution in [0.15, 0.2) is 83.5 Å². The van der Waals surface area contributed by atoms with Gasteiger partial charge in [0, 0.05) is 0 Å². The first-order valence-corrected chi connectivity index (χ1v) is 8.83. The van der Waals surface area contributed by atoms with Crippen molar-refractivity contribution < 1.29 is 14.4 Å². The molecule has 2 aromatic carbocycles. The molecule has 4 rings (SSSR count). The Morgan fingerprint density at radius 3 is 2.19 bits per heavy atom. The molecule has 134 valence electrons. The van der Waals surface area contributed by atoms with Gasteiger partial charge in [0.15, 0.2) is 5.60 Å². The molecule has 0 aliphatic carbocycles. The molecule has 1 aliphatic rings. The van der Waals surface area contributed by atoms with Gasteiger partial charge in [-0.15, -0.1) is 0 Å². The Bertz CT molecular complexity index is 846. The highest BCUT2D eigenvalue weighted by molar-refractivity contribution is 5.33. The fourth-order valence-electron chi connectivity index (χ4n) is 3.76. The Hall–Kier alpha value is -2.40. The van der Waals surface area contributed by atoms with Crippen LogP contribution in [0.5, 0.6) is 0 Å². The van der Waals surface area contributed by atoms with Gasteiger partial charge in [-0.25, -0.2) is 0 Å². The minimum absolute atomic E-state index is 0.135. The van der Waals surface area contributed by atoms with Gasteiger partial charge in [0.2, 0.25) is 0 Å². The van der Waals surface area contributed by atoms with Crippen molar-refractivity contribution in [3.8, 4) is 0 Å². The number of aliphatic hydroxyl groups excluding tert-OH is 1. The van der Waals surface area contributed by atoms with Crippen LogP contribution in [0.1, 0.15) is 36.8 Å². The molecule has 2 atom stereocenters. The van der Waals surface area contributed by atoms with Gasteiger partial charge in [-0.1, -0.05) is 60.7 Å². The Morgan fingerprint density at radius 2 is 1.62 bits per heavy atom. The fourth-order valence-corrected chi connectivity index (χ4v) is 3.76. The number of benzene rings is 2. The van der Waals surface area contributed by atoms with Gasteiger partial charge in [0.05, 0.1) is 18.4 Å². The summed E-state index contributed by atoms with van der Waals surface area (Å²) >= 11 is 0. The van der Waals surface area contributed by atoms with Gasteiger partial charge in [0.1, 0.15) is 11.8 Å². The first-order valence-electron chi connectivity index (χ1n) is 8.83. The first-order chi connectivity index (χ1) is 12.6. The maximum Gasteiger partial charge on any atom is 0.163 e. The molecule has 0 radical (unpaired) electrons. The largest absolute Gasteiger partial charge is 0.467 e. The van der Waals surface area contributed by atoms with Crippen molar-refractivity contribution in [2.45, 2.75) is 31.0 Å². The maximum absolute atomic E-state index is 10.3. The molecular weight excluding hydrogens is 326 g/mol. The number of hydrogen-bond acceptors (Lipinski definition) is 4. The van der Waals surface area contributed by atoms with Crippen LogP contribution in [0, 0.1) is 0 Å². The van der Waals surface area contributed by atoms with E-state index in [9.17, 15) is 5.11 Å². The van der Waals surface area contributed by atoms with Crippen molar-refractivity contribution in [2.24, 2.45) is 0 Å². The Morgan fingerprint density at radius 1 is 0.962 bits per heavy atom. The van der Waals surface area contributed by atoms with E-state index in [4.69, 9.17) is 9.25 Å². The summed E-state index contributed by atoms with van der Waals surface area (Å²) in [6.07, 6.45) is 1.66. The number of hydrogen-bond donors (Lipinski definition) is 1. The number of nitrogens with zero attached hydrogens (tertiary/aromatic N) is 1. The van der Waals surface area contributed by atoms with Crippen molar-refractivity contribution in [3.05, 3.63) is 95.9 Å². The summed E-state index contributed by atoms with van der Waals surface area (Å²) in [4.78, 5) is 6.34. The van der Waals surface area contributed by atoms with Gasteiger partial charge in [-0.05, 0) is 37.1 Å². The molecular formula is C22H23NO3. The van der Waals surface area contributed by atoms with E-state index in [1.807, 2.05) is 65.7 Å². The minimum Gasteiger partial charge on any atom is -0.467 e. The van der Waals surface area contributed by atoms with E-state index < -0.39 is 11.1 Å². The van der Waals surface area contributed by atoms with Crippen LogP contribution in [0.2, 0.25) is 0 Å². The fraction of sp³-hybridized carbons (Fsp3) is 0.273. The van der Waals surface area contributed by atoms with Crippen LogP contribution in [0.3, 0.4) is 0 Å². The molecule has 0 unspecified atom stereocenters. The molecule has 2 heterocycles. The molecule has 1 saturated heterocycles. The van der Waals surface area contributed by atoms with Gasteiger partial charge in [0.25, 0.3) is 0 Å². The Labute approximate surface area is 153 Å². The predicted octanol–water partition coefficient (Wildman–Crippen LogP) is 4.39. The Kier molecular flexibility index (Phi) is 4.19. The lowest BCUT2D eigenvalue weighted by molar-refractivity contribution is -0.449. The monoisotopic (exact) mass is 349 g/mol. The van der Waals surface area contributed by atoms with Crippen molar-refractivity contribution in [1.82, 2.24) is 5.06 Å². The molecule has 1 aromatic heterocycles. The average molecular weight is 349 g/mol. The van der Waals surface area contributed by atoms with E-state index >= 15 is 0 Å². The number of hydroxylamine groups is 2. The van der Waals surface area contributed by atoms with E-state index in [2.05, 4.69) is 26.0 Å². The molecule has 4 nitrogen and oxygen atoms in total. The van der Waals surface area contributed by atoms with Crippen LogP contribution < -0.4 is 0 Å². The zero-order valence-electron chi connectivity index (χ0n) is 15.0. The highest BCUT2D eigenvalue weighted by atomic mass is 16.7. The molecule has 0 bridgehead atoms. The lowest BCUT2D eigenvalue weighted by atomic mass is 9.79. The second-order valence-corrected chi connectivity index (χ2v) is 7.17. The molecule has 0 amide bonds. The topological polar surface area (TPSA) is 45.8 Å². The third-order valence-electron chi connectivity index (χ3n) is 5.28. The summed E-state index contributed by atoms with van der Waals surface area (Å²) in [6.45, 7) is 4.10. The molecule has 1 N–H and O–H groups in total. The normalized spacial score (nSPS) is 23.6. The summed E-state index contributed by atoms with van der Waals surface area (Å²) in [7, 11) is 0. The second kappa shape index (κ2) is 6.40. The molecule has 26 heavy (non-hydrogen) atoms. The van der Waals surface area contributed by atoms with Gasteiger partial charge in [-0.3, -0.25) is 4.84 Å². The summed E-state index contributed by atoms with van der Waals surface area (Å²) in [6, 6.07) is 23.6. The third-order valence-corrected chi connectivity index (χ3v) is 5.28. The van der Waals surface area contributed by atoms with Crippen LogP contribution in [-0.4, -0.2) is 16.8 Å². The van der Waals surface area contributed by atoms with E-state index in [0.29, 0.717) is 0 Å². The van der Waals surface area contributed by atoms with Crippen LogP contribution >= 0.6 is 0 Å². The summed E-state index contributed by atoms with van der Waals surface area (Å²) in [5.74, 6) is 0.776. The van der Waals surface area contributed by atoms with Crippen LogP contribution in [0.25, 0.3) is 0 Å². The number of aliphatic hydroxyl groups is 1. The van der Waals surface area contributed by atoms with Crippen molar-refractivity contribution >= 4 is 0 Å². The zero-order chi connectivity index (χ0) is 18.2. The highest BCUT2D eigenvalue weighted by Gasteiger charge is 2.62. The highest BCUT2D eigenvalue weighted by Crippen LogP contribution is 2.56. The van der Waals surface area contributed by atoms with Crippen molar-refractivity contribution in [1.29, 1.82) is 0 Å². The standard InChI is InChI=1S/C22H23NO3/c1-21(2,17-10-5-3-6-11-17)23-20(19-14-9-15-25-19)22(16-24,26-23)18-12-7-4-8-13-18/h3-15,20,24H,16H2,1-2H3/t20-,22+/m0/s1. The molecule has 1 aliphatic heterocycles. The van der Waals surface area contributed by atoms with E-state index in [1.165, 1.54) is 0 Å². The molecule has 1 fully saturated rings. The van der Waals surface area contributed by atoms with Crippen molar-refractivity contribution in [3.63, 3.8) is 0 Å². The summed E-state index contributed by atoms with van der Waals surface area (Å²) < 4.78 is 5.74. The lowest BCUT2D eigenvalue weighted by Crippen LogP contribution is -2.66. The lowest BCUT2D eigenvalue weighted by Gasteiger charge is -2.59.